The molecule has 0 saturated carbocycles. The second-order valence-electron chi connectivity index (χ2n) is 2.67. The second-order valence-corrected chi connectivity index (χ2v) is 2.67. The highest BCUT2D eigenvalue weighted by Gasteiger charge is 1.95. The van der Waals surface area contributed by atoms with Crippen LogP contribution in [-0.2, 0) is 0 Å². The van der Waals surface area contributed by atoms with Crippen LogP contribution >= 0.6 is 0 Å². The minimum atomic E-state index is -0.320. The van der Waals surface area contributed by atoms with Gasteiger partial charge in [0.25, 0.3) is 0 Å². The zero-order valence-electron chi connectivity index (χ0n) is 6.63. The Labute approximate surface area is 69.4 Å². The Morgan fingerprint density at radius 1 is 1.25 bits per heavy atom. The number of aryl methyl sites for hydroxylation is 1. The van der Waals surface area contributed by atoms with Gasteiger partial charge in [-0.1, -0.05) is 6.07 Å². The smallest absolute Gasteiger partial charge is 0.336 e. The molecular weight excluding hydrogens is 152 g/mol. The van der Waals surface area contributed by atoms with Gasteiger partial charge in [-0.15, -0.1) is 0 Å². The van der Waals surface area contributed by atoms with Gasteiger partial charge in [0.05, 0.1) is 0 Å². The SMILES string of the molecule is Cc1[c]c2ccc(=O)oc2cc1. The Morgan fingerprint density at radius 2 is 2.08 bits per heavy atom. The first-order valence-electron chi connectivity index (χ1n) is 3.68. The van der Waals surface area contributed by atoms with E-state index in [-0.39, 0.29) is 5.63 Å². The molecule has 2 aromatic rings. The first-order valence-corrected chi connectivity index (χ1v) is 3.68. The van der Waals surface area contributed by atoms with Crippen LogP contribution in [0.4, 0.5) is 0 Å². The van der Waals surface area contributed by atoms with E-state index in [1.807, 2.05) is 13.0 Å². The Bertz CT molecular complexity index is 468. The Balaban J connectivity index is 2.87. The molecule has 2 heteroatoms. The van der Waals surface area contributed by atoms with Crippen LogP contribution < -0.4 is 5.63 Å². The molecule has 0 aliphatic heterocycles. The molecule has 0 spiro atoms. The van der Waals surface area contributed by atoms with Gasteiger partial charge in [-0.05, 0) is 30.7 Å². The van der Waals surface area contributed by atoms with Crippen molar-refractivity contribution in [3.63, 3.8) is 0 Å². The van der Waals surface area contributed by atoms with Crippen LogP contribution in [0.2, 0.25) is 0 Å². The maximum absolute atomic E-state index is 10.8. The van der Waals surface area contributed by atoms with E-state index in [4.69, 9.17) is 4.42 Å². The number of rotatable bonds is 0. The molecule has 1 aromatic heterocycles. The summed E-state index contributed by atoms with van der Waals surface area (Å²) in [6.45, 7) is 1.95. The maximum Gasteiger partial charge on any atom is 0.336 e. The summed E-state index contributed by atoms with van der Waals surface area (Å²) in [4.78, 5) is 10.8. The maximum atomic E-state index is 10.8. The molecule has 0 amide bonds. The van der Waals surface area contributed by atoms with E-state index < -0.39 is 0 Å². The largest absolute Gasteiger partial charge is 0.423 e. The molecule has 2 rings (SSSR count). The number of hydrogen-bond acceptors (Lipinski definition) is 2. The van der Waals surface area contributed by atoms with Crippen LogP contribution in [0.5, 0.6) is 0 Å². The summed E-state index contributed by atoms with van der Waals surface area (Å²) in [5.74, 6) is 0. The number of fused-ring (bicyclic) bond motifs is 1. The lowest BCUT2D eigenvalue weighted by Crippen LogP contribution is -1.94. The van der Waals surface area contributed by atoms with E-state index in [9.17, 15) is 4.79 Å². The average Bonchev–Trinajstić information content (AvgIpc) is 2.05. The summed E-state index contributed by atoms with van der Waals surface area (Å²) in [6.07, 6.45) is 0. The van der Waals surface area contributed by atoms with Crippen molar-refractivity contribution in [3.05, 3.63) is 46.3 Å². The van der Waals surface area contributed by atoms with Crippen molar-refractivity contribution >= 4 is 11.0 Å². The number of benzene rings is 1. The van der Waals surface area contributed by atoms with Crippen molar-refractivity contribution in [1.82, 2.24) is 0 Å². The van der Waals surface area contributed by atoms with E-state index in [0.717, 1.165) is 10.9 Å². The summed E-state index contributed by atoms with van der Waals surface area (Å²) in [7, 11) is 0. The third-order valence-electron chi connectivity index (χ3n) is 1.68. The topological polar surface area (TPSA) is 30.2 Å². The van der Waals surface area contributed by atoms with Gasteiger partial charge in [-0.3, -0.25) is 0 Å². The van der Waals surface area contributed by atoms with Crippen LogP contribution in [0.15, 0.2) is 33.5 Å². The van der Waals surface area contributed by atoms with E-state index >= 15 is 0 Å². The molecule has 1 aromatic carbocycles. The Morgan fingerprint density at radius 3 is 2.92 bits per heavy atom. The third kappa shape index (κ3) is 1.11. The lowest BCUT2D eigenvalue weighted by Gasteiger charge is -1.94. The zero-order valence-corrected chi connectivity index (χ0v) is 6.63. The standard InChI is InChI=1S/C10H7O2/c1-7-2-4-9-8(6-7)3-5-10(11)12-9/h2-5H,1H3. The number of hydrogen-bond donors (Lipinski definition) is 0. The molecule has 0 unspecified atom stereocenters. The van der Waals surface area contributed by atoms with Gasteiger partial charge < -0.3 is 4.42 Å². The molecule has 0 saturated heterocycles. The van der Waals surface area contributed by atoms with Crippen molar-refractivity contribution < 1.29 is 4.42 Å². The fourth-order valence-corrected chi connectivity index (χ4v) is 1.11. The summed E-state index contributed by atoms with van der Waals surface area (Å²) in [5.41, 5.74) is 1.31. The molecule has 0 bridgehead atoms. The van der Waals surface area contributed by atoms with Gasteiger partial charge in [0.1, 0.15) is 5.58 Å². The normalized spacial score (nSPS) is 10.4. The molecular formula is C10H7O2. The molecule has 1 radical (unpaired) electrons. The monoisotopic (exact) mass is 159 g/mol. The molecule has 2 nitrogen and oxygen atoms in total. The van der Waals surface area contributed by atoms with Crippen LogP contribution in [-0.4, -0.2) is 0 Å². The van der Waals surface area contributed by atoms with Crippen LogP contribution in [0.3, 0.4) is 0 Å². The first kappa shape index (κ1) is 7.10. The first-order chi connectivity index (χ1) is 5.75. The minimum Gasteiger partial charge on any atom is -0.423 e. The van der Waals surface area contributed by atoms with E-state index in [1.165, 1.54) is 6.07 Å². The van der Waals surface area contributed by atoms with Gasteiger partial charge in [0.2, 0.25) is 0 Å². The van der Waals surface area contributed by atoms with Crippen molar-refractivity contribution in [3.8, 4) is 0 Å². The van der Waals surface area contributed by atoms with Crippen LogP contribution in [0.1, 0.15) is 5.56 Å². The van der Waals surface area contributed by atoms with E-state index in [0.29, 0.717) is 5.58 Å². The fourth-order valence-electron chi connectivity index (χ4n) is 1.11. The van der Waals surface area contributed by atoms with Crippen LogP contribution in [0, 0.1) is 13.0 Å². The van der Waals surface area contributed by atoms with E-state index in [1.54, 1.807) is 12.1 Å². The minimum absolute atomic E-state index is 0.320. The highest BCUT2D eigenvalue weighted by atomic mass is 16.4. The fraction of sp³-hybridized carbons (Fsp3) is 0.100. The molecule has 0 atom stereocenters. The van der Waals surface area contributed by atoms with E-state index in [2.05, 4.69) is 6.07 Å². The summed E-state index contributed by atoms with van der Waals surface area (Å²) < 4.78 is 4.93. The molecule has 0 fully saturated rings. The highest BCUT2D eigenvalue weighted by Crippen LogP contribution is 2.11. The van der Waals surface area contributed by atoms with Gasteiger partial charge in [0.15, 0.2) is 0 Å². The lowest BCUT2D eigenvalue weighted by atomic mass is 10.2. The van der Waals surface area contributed by atoms with Crippen molar-refractivity contribution in [2.75, 3.05) is 0 Å². The van der Waals surface area contributed by atoms with Crippen LogP contribution in [0.25, 0.3) is 11.0 Å². The zero-order chi connectivity index (χ0) is 8.55. The van der Waals surface area contributed by atoms with Crippen molar-refractivity contribution in [2.24, 2.45) is 0 Å². The molecule has 12 heavy (non-hydrogen) atoms. The lowest BCUT2D eigenvalue weighted by molar-refractivity contribution is 0.561. The van der Waals surface area contributed by atoms with Gasteiger partial charge in [-0.25, -0.2) is 4.79 Å². The quantitative estimate of drug-likeness (QED) is 0.549. The summed E-state index contributed by atoms with van der Waals surface area (Å²) in [5, 5.41) is 0.842. The molecule has 59 valence electrons. The summed E-state index contributed by atoms with van der Waals surface area (Å²) >= 11 is 0. The van der Waals surface area contributed by atoms with Gasteiger partial charge in [0, 0.05) is 11.5 Å². The van der Waals surface area contributed by atoms with Gasteiger partial charge >= 0.3 is 5.63 Å². The summed E-state index contributed by atoms with van der Waals surface area (Å²) in [6, 6.07) is 9.85. The predicted octanol–water partition coefficient (Wildman–Crippen LogP) is 1.90. The third-order valence-corrected chi connectivity index (χ3v) is 1.68. The molecule has 0 aliphatic rings. The van der Waals surface area contributed by atoms with Gasteiger partial charge in [-0.2, -0.15) is 0 Å². The highest BCUT2D eigenvalue weighted by molar-refractivity contribution is 5.76. The Hall–Kier alpha value is -1.57. The molecule has 1 heterocycles. The second kappa shape index (κ2) is 2.48. The predicted molar refractivity (Wildman–Crippen MR) is 46.1 cm³/mol. The average molecular weight is 159 g/mol. The van der Waals surface area contributed by atoms with Crippen molar-refractivity contribution in [2.45, 2.75) is 6.92 Å². The molecule has 0 aliphatic carbocycles. The Kier molecular flexibility index (Phi) is 1.47. The van der Waals surface area contributed by atoms with Crippen molar-refractivity contribution in [1.29, 1.82) is 0 Å². The molecule has 0 N–H and O–H groups in total.